The van der Waals surface area contributed by atoms with Crippen molar-refractivity contribution < 1.29 is 4.79 Å². The van der Waals surface area contributed by atoms with Crippen LogP contribution in [0.15, 0.2) is 6.33 Å². The average Bonchev–Trinajstić information content (AvgIpc) is 2.82. The zero-order chi connectivity index (χ0) is 14.1. The maximum atomic E-state index is 11.6. The first-order chi connectivity index (χ1) is 9.70. The summed E-state index contributed by atoms with van der Waals surface area (Å²) in [4.78, 5) is 24.5. The van der Waals surface area contributed by atoms with Gasteiger partial charge < -0.3 is 20.4 Å². The predicted octanol–water partition coefficient (Wildman–Crippen LogP) is 0.431. The van der Waals surface area contributed by atoms with E-state index in [0.717, 1.165) is 49.9 Å². The van der Waals surface area contributed by atoms with Crippen LogP contribution in [0.4, 0.5) is 16.4 Å². The Morgan fingerprint density at radius 2 is 2.30 bits per heavy atom. The van der Waals surface area contributed by atoms with E-state index >= 15 is 0 Å². The molecule has 3 heterocycles. The van der Waals surface area contributed by atoms with Crippen LogP contribution in [0, 0.1) is 6.92 Å². The van der Waals surface area contributed by atoms with Crippen LogP contribution in [0.1, 0.15) is 12.5 Å². The zero-order valence-corrected chi connectivity index (χ0v) is 11.9. The molecule has 0 radical (unpaired) electrons. The van der Waals surface area contributed by atoms with Crippen molar-refractivity contribution >= 4 is 17.7 Å². The second-order valence-electron chi connectivity index (χ2n) is 5.18. The number of urea groups is 1. The molecule has 0 spiro atoms. The van der Waals surface area contributed by atoms with Gasteiger partial charge in [-0.1, -0.05) is 0 Å². The van der Waals surface area contributed by atoms with Gasteiger partial charge in [0.25, 0.3) is 0 Å². The molecule has 2 amide bonds. The summed E-state index contributed by atoms with van der Waals surface area (Å²) in [6, 6.07) is 0.301. The van der Waals surface area contributed by atoms with Crippen LogP contribution in [0.5, 0.6) is 0 Å². The van der Waals surface area contributed by atoms with Crippen molar-refractivity contribution in [3.63, 3.8) is 0 Å². The molecule has 3 rings (SSSR count). The van der Waals surface area contributed by atoms with Gasteiger partial charge in [-0.3, -0.25) is 0 Å². The smallest absolute Gasteiger partial charge is 0.317 e. The molecule has 2 N–H and O–H groups in total. The SMILES string of the molecule is CCNc1ncnc(N2CCN3C(=O)NCC3C2)c1C. The quantitative estimate of drug-likeness (QED) is 0.837. The van der Waals surface area contributed by atoms with Gasteiger partial charge in [0.15, 0.2) is 0 Å². The number of piperazine rings is 1. The lowest BCUT2D eigenvalue weighted by Gasteiger charge is -2.37. The van der Waals surface area contributed by atoms with E-state index in [9.17, 15) is 4.79 Å². The maximum absolute atomic E-state index is 11.6. The van der Waals surface area contributed by atoms with Crippen molar-refractivity contribution in [2.24, 2.45) is 0 Å². The Hall–Kier alpha value is -2.05. The van der Waals surface area contributed by atoms with Gasteiger partial charge in [0.2, 0.25) is 0 Å². The molecule has 2 aliphatic heterocycles. The van der Waals surface area contributed by atoms with Gasteiger partial charge in [-0.15, -0.1) is 0 Å². The number of aromatic nitrogens is 2. The van der Waals surface area contributed by atoms with E-state index in [1.807, 2.05) is 11.8 Å². The summed E-state index contributed by atoms with van der Waals surface area (Å²) in [6.07, 6.45) is 1.60. The lowest BCUT2D eigenvalue weighted by atomic mass is 10.1. The fourth-order valence-corrected chi connectivity index (χ4v) is 2.90. The van der Waals surface area contributed by atoms with Gasteiger partial charge in [-0.2, -0.15) is 0 Å². The third kappa shape index (κ3) is 2.13. The Balaban J connectivity index is 1.80. The minimum absolute atomic E-state index is 0.0578. The van der Waals surface area contributed by atoms with Crippen LogP contribution in [0.3, 0.4) is 0 Å². The minimum Gasteiger partial charge on any atom is -0.370 e. The second-order valence-corrected chi connectivity index (χ2v) is 5.18. The highest BCUT2D eigenvalue weighted by atomic mass is 16.2. The molecule has 108 valence electrons. The fraction of sp³-hybridized carbons (Fsp3) is 0.615. The second kappa shape index (κ2) is 5.15. The normalized spacial score (nSPS) is 21.7. The van der Waals surface area contributed by atoms with Gasteiger partial charge in [0, 0.05) is 38.3 Å². The molecule has 0 bridgehead atoms. The molecular formula is C13H20N6O. The standard InChI is InChI=1S/C13H20N6O/c1-3-14-11-9(2)12(17-8-16-11)18-4-5-19-10(7-18)6-15-13(19)20/h8,10H,3-7H2,1-2H3,(H,15,20)(H,14,16,17). The summed E-state index contributed by atoms with van der Waals surface area (Å²) in [5.74, 6) is 1.86. The number of hydrogen-bond acceptors (Lipinski definition) is 5. The highest BCUT2D eigenvalue weighted by Gasteiger charge is 2.36. The Labute approximate surface area is 118 Å². The van der Waals surface area contributed by atoms with Crippen molar-refractivity contribution in [3.8, 4) is 0 Å². The number of amides is 2. The minimum atomic E-state index is 0.0578. The van der Waals surface area contributed by atoms with Gasteiger partial charge >= 0.3 is 6.03 Å². The highest BCUT2D eigenvalue weighted by molar-refractivity contribution is 5.77. The first kappa shape index (κ1) is 13.0. The Bertz CT molecular complexity index is 520. The van der Waals surface area contributed by atoms with E-state index in [0.29, 0.717) is 0 Å². The molecule has 0 aliphatic carbocycles. The molecule has 0 saturated carbocycles. The lowest BCUT2D eigenvalue weighted by Crippen LogP contribution is -2.52. The molecule has 20 heavy (non-hydrogen) atoms. The van der Waals surface area contributed by atoms with E-state index in [1.54, 1.807) is 6.33 Å². The Kier molecular flexibility index (Phi) is 3.33. The summed E-state index contributed by atoms with van der Waals surface area (Å²) in [5.41, 5.74) is 1.07. The van der Waals surface area contributed by atoms with E-state index in [-0.39, 0.29) is 12.1 Å². The van der Waals surface area contributed by atoms with Crippen molar-refractivity contribution in [3.05, 3.63) is 11.9 Å². The van der Waals surface area contributed by atoms with Crippen LogP contribution < -0.4 is 15.5 Å². The van der Waals surface area contributed by atoms with E-state index in [4.69, 9.17) is 0 Å². The molecule has 1 aromatic heterocycles. The molecule has 1 unspecified atom stereocenters. The third-order valence-electron chi connectivity index (χ3n) is 3.93. The highest BCUT2D eigenvalue weighted by Crippen LogP contribution is 2.25. The summed E-state index contributed by atoms with van der Waals surface area (Å²) in [6.45, 7) is 8.03. The lowest BCUT2D eigenvalue weighted by molar-refractivity contribution is 0.197. The maximum Gasteiger partial charge on any atom is 0.317 e. The number of fused-ring (bicyclic) bond motifs is 1. The topological polar surface area (TPSA) is 73.4 Å². The number of rotatable bonds is 3. The van der Waals surface area contributed by atoms with E-state index in [2.05, 4.69) is 32.4 Å². The van der Waals surface area contributed by atoms with Crippen molar-refractivity contribution in [1.82, 2.24) is 20.2 Å². The van der Waals surface area contributed by atoms with Crippen LogP contribution in [0.25, 0.3) is 0 Å². The molecular weight excluding hydrogens is 256 g/mol. The number of carbonyl (C=O) groups is 1. The summed E-state index contributed by atoms with van der Waals surface area (Å²) in [5, 5.41) is 6.15. The van der Waals surface area contributed by atoms with Crippen LogP contribution in [-0.2, 0) is 0 Å². The van der Waals surface area contributed by atoms with Gasteiger partial charge in [0.1, 0.15) is 18.0 Å². The Morgan fingerprint density at radius 1 is 1.45 bits per heavy atom. The molecule has 2 aliphatic rings. The average molecular weight is 276 g/mol. The van der Waals surface area contributed by atoms with Crippen LogP contribution in [-0.4, -0.2) is 59.7 Å². The first-order valence-corrected chi connectivity index (χ1v) is 7.05. The van der Waals surface area contributed by atoms with E-state index < -0.39 is 0 Å². The third-order valence-corrected chi connectivity index (χ3v) is 3.93. The van der Waals surface area contributed by atoms with Gasteiger partial charge in [-0.25, -0.2) is 14.8 Å². The van der Waals surface area contributed by atoms with Crippen molar-refractivity contribution in [1.29, 1.82) is 0 Å². The largest absolute Gasteiger partial charge is 0.370 e. The van der Waals surface area contributed by atoms with Crippen LogP contribution in [0.2, 0.25) is 0 Å². The van der Waals surface area contributed by atoms with Crippen LogP contribution >= 0.6 is 0 Å². The number of hydrogen-bond donors (Lipinski definition) is 2. The van der Waals surface area contributed by atoms with Crippen molar-refractivity contribution in [2.75, 3.05) is 42.9 Å². The monoisotopic (exact) mass is 276 g/mol. The van der Waals surface area contributed by atoms with E-state index in [1.165, 1.54) is 0 Å². The summed E-state index contributed by atoms with van der Waals surface area (Å²) >= 11 is 0. The molecule has 2 fully saturated rings. The fourth-order valence-electron chi connectivity index (χ4n) is 2.90. The van der Waals surface area contributed by atoms with Gasteiger partial charge in [-0.05, 0) is 13.8 Å². The number of carbonyl (C=O) groups excluding carboxylic acids is 1. The molecule has 7 heteroatoms. The zero-order valence-electron chi connectivity index (χ0n) is 11.9. The Morgan fingerprint density at radius 3 is 3.10 bits per heavy atom. The first-order valence-electron chi connectivity index (χ1n) is 7.05. The molecule has 1 aromatic rings. The van der Waals surface area contributed by atoms with Crippen molar-refractivity contribution in [2.45, 2.75) is 19.9 Å². The molecule has 7 nitrogen and oxygen atoms in total. The summed E-state index contributed by atoms with van der Waals surface area (Å²) < 4.78 is 0. The molecule has 0 aromatic carbocycles. The summed E-state index contributed by atoms with van der Waals surface area (Å²) in [7, 11) is 0. The number of nitrogens with zero attached hydrogens (tertiary/aromatic N) is 4. The number of nitrogens with one attached hydrogen (secondary N) is 2. The number of anilines is 2. The predicted molar refractivity (Wildman–Crippen MR) is 77.0 cm³/mol. The molecule has 2 saturated heterocycles. The molecule has 1 atom stereocenters. The van der Waals surface area contributed by atoms with Gasteiger partial charge in [0.05, 0.1) is 6.04 Å².